The lowest BCUT2D eigenvalue weighted by Gasteiger charge is -2.33. The van der Waals surface area contributed by atoms with Gasteiger partial charge in [0.2, 0.25) is 5.91 Å². The molecule has 1 aromatic heterocycles. The number of anilines is 2. The fourth-order valence-corrected chi connectivity index (χ4v) is 3.04. The van der Waals surface area contributed by atoms with E-state index in [1.165, 1.54) is 4.68 Å². The van der Waals surface area contributed by atoms with E-state index in [2.05, 4.69) is 10.4 Å². The Bertz CT molecular complexity index is 818. The molecule has 0 bridgehead atoms. The minimum Gasteiger partial charge on any atom is -0.495 e. The molecule has 1 amide bonds. The van der Waals surface area contributed by atoms with Gasteiger partial charge in [0.05, 0.1) is 30.6 Å². The maximum atomic E-state index is 12.7. The lowest BCUT2D eigenvalue weighted by atomic mass is 9.96. The number of nitrogens with zero attached hydrogens (tertiary/aromatic N) is 3. The van der Waals surface area contributed by atoms with E-state index in [0.717, 1.165) is 25.1 Å². The van der Waals surface area contributed by atoms with E-state index in [1.807, 2.05) is 29.2 Å². The minimum absolute atomic E-state index is 0.0361. The van der Waals surface area contributed by atoms with Crippen LogP contribution in [-0.2, 0) is 11.8 Å². The Labute approximate surface area is 146 Å². The second kappa shape index (κ2) is 7.38. The summed E-state index contributed by atoms with van der Waals surface area (Å²) in [5.74, 6) is 0.452. The van der Waals surface area contributed by atoms with Gasteiger partial charge < -0.3 is 15.0 Å². The van der Waals surface area contributed by atoms with Crippen molar-refractivity contribution >= 4 is 17.3 Å². The molecule has 1 aromatic carbocycles. The zero-order valence-corrected chi connectivity index (χ0v) is 14.4. The smallest absolute Gasteiger partial charge is 0.268 e. The zero-order valence-electron chi connectivity index (χ0n) is 14.4. The Balaban J connectivity index is 1.71. The summed E-state index contributed by atoms with van der Waals surface area (Å²) in [5, 5.41) is 7.01. The Morgan fingerprint density at radius 3 is 2.92 bits per heavy atom. The molecular formula is C18H22N4O3. The van der Waals surface area contributed by atoms with Gasteiger partial charge in [0.1, 0.15) is 5.75 Å². The van der Waals surface area contributed by atoms with Crippen molar-refractivity contribution in [3.63, 3.8) is 0 Å². The van der Waals surface area contributed by atoms with E-state index in [4.69, 9.17) is 4.74 Å². The molecule has 25 heavy (non-hydrogen) atoms. The van der Waals surface area contributed by atoms with Crippen LogP contribution in [0.5, 0.6) is 5.75 Å². The van der Waals surface area contributed by atoms with E-state index in [0.29, 0.717) is 18.0 Å². The van der Waals surface area contributed by atoms with Crippen molar-refractivity contribution in [3.8, 4) is 5.75 Å². The molecule has 132 valence electrons. The number of rotatable bonds is 4. The molecule has 1 aliphatic rings. The first-order chi connectivity index (χ1) is 12.1. The van der Waals surface area contributed by atoms with E-state index < -0.39 is 0 Å². The minimum atomic E-state index is -0.155. The van der Waals surface area contributed by atoms with Crippen LogP contribution in [0.3, 0.4) is 0 Å². The van der Waals surface area contributed by atoms with E-state index >= 15 is 0 Å². The molecule has 7 nitrogen and oxygen atoms in total. The second-order valence-corrected chi connectivity index (χ2v) is 6.15. The first-order valence-electron chi connectivity index (χ1n) is 8.30. The quantitative estimate of drug-likeness (QED) is 0.914. The number of methoxy groups -OCH3 is 1. The highest BCUT2D eigenvalue weighted by Gasteiger charge is 2.27. The molecule has 1 saturated heterocycles. The van der Waals surface area contributed by atoms with Gasteiger partial charge in [-0.2, -0.15) is 5.10 Å². The van der Waals surface area contributed by atoms with Crippen molar-refractivity contribution in [3.05, 3.63) is 46.9 Å². The Morgan fingerprint density at radius 2 is 2.16 bits per heavy atom. The van der Waals surface area contributed by atoms with Crippen molar-refractivity contribution in [2.45, 2.75) is 12.8 Å². The highest BCUT2D eigenvalue weighted by atomic mass is 16.5. The van der Waals surface area contributed by atoms with Crippen LogP contribution in [0.25, 0.3) is 0 Å². The van der Waals surface area contributed by atoms with Crippen LogP contribution in [0.2, 0.25) is 0 Å². The molecule has 2 heterocycles. The number of ether oxygens (including phenoxy) is 1. The fraction of sp³-hybridized carbons (Fsp3) is 0.389. The molecule has 7 heteroatoms. The Kier molecular flexibility index (Phi) is 5.02. The molecule has 1 atom stereocenters. The number of piperidine rings is 1. The van der Waals surface area contributed by atoms with Gasteiger partial charge >= 0.3 is 0 Å². The SMILES string of the molecule is COc1ccccc1NC(=O)[C@@H]1CCCN(c2cnn(C)c(=O)c2)C1. The summed E-state index contributed by atoms with van der Waals surface area (Å²) in [6.45, 7) is 1.38. The molecule has 1 fully saturated rings. The molecule has 0 spiro atoms. The van der Waals surface area contributed by atoms with Crippen LogP contribution in [0.15, 0.2) is 41.3 Å². The van der Waals surface area contributed by atoms with E-state index in [9.17, 15) is 9.59 Å². The van der Waals surface area contributed by atoms with E-state index in [1.54, 1.807) is 26.4 Å². The van der Waals surface area contributed by atoms with Gasteiger partial charge in [-0.3, -0.25) is 9.59 Å². The van der Waals surface area contributed by atoms with Crippen molar-refractivity contribution in [2.24, 2.45) is 13.0 Å². The number of amides is 1. The molecule has 0 unspecified atom stereocenters. The van der Waals surface area contributed by atoms with E-state index in [-0.39, 0.29) is 17.4 Å². The highest BCUT2D eigenvalue weighted by molar-refractivity contribution is 5.94. The van der Waals surface area contributed by atoms with Crippen LogP contribution in [0.1, 0.15) is 12.8 Å². The van der Waals surface area contributed by atoms with Crippen molar-refractivity contribution in [2.75, 3.05) is 30.4 Å². The zero-order chi connectivity index (χ0) is 17.8. The number of aryl methyl sites for hydroxylation is 1. The van der Waals surface area contributed by atoms with Crippen LogP contribution >= 0.6 is 0 Å². The number of carbonyl (C=O) groups is 1. The predicted octanol–water partition coefficient (Wildman–Crippen LogP) is 1.64. The molecule has 1 aliphatic heterocycles. The normalized spacial score (nSPS) is 17.2. The fourth-order valence-electron chi connectivity index (χ4n) is 3.04. The monoisotopic (exact) mass is 342 g/mol. The van der Waals surface area contributed by atoms with Crippen LogP contribution in [0.4, 0.5) is 11.4 Å². The summed E-state index contributed by atoms with van der Waals surface area (Å²) >= 11 is 0. The number of benzene rings is 1. The van der Waals surface area contributed by atoms with Gasteiger partial charge in [0.15, 0.2) is 0 Å². The Morgan fingerprint density at radius 1 is 1.36 bits per heavy atom. The summed E-state index contributed by atoms with van der Waals surface area (Å²) in [6, 6.07) is 8.92. The summed E-state index contributed by atoms with van der Waals surface area (Å²) in [4.78, 5) is 26.5. The van der Waals surface area contributed by atoms with Crippen molar-refractivity contribution < 1.29 is 9.53 Å². The summed E-state index contributed by atoms with van der Waals surface area (Å²) in [5.41, 5.74) is 1.28. The molecule has 2 aromatic rings. The number of para-hydroxylation sites is 2. The van der Waals surface area contributed by atoms with Crippen molar-refractivity contribution in [1.29, 1.82) is 0 Å². The average Bonchev–Trinajstić information content (AvgIpc) is 2.64. The molecule has 0 aliphatic carbocycles. The number of aromatic nitrogens is 2. The first kappa shape index (κ1) is 17.0. The summed E-state index contributed by atoms with van der Waals surface area (Å²) in [6.07, 6.45) is 3.37. The number of nitrogens with one attached hydrogen (secondary N) is 1. The lowest BCUT2D eigenvalue weighted by molar-refractivity contribution is -0.120. The molecule has 1 N–H and O–H groups in total. The summed E-state index contributed by atoms with van der Waals surface area (Å²) in [7, 11) is 3.20. The van der Waals surface area contributed by atoms with Crippen LogP contribution in [0, 0.1) is 5.92 Å². The second-order valence-electron chi connectivity index (χ2n) is 6.15. The van der Waals surface area contributed by atoms with Gasteiger partial charge in [-0.1, -0.05) is 12.1 Å². The van der Waals surface area contributed by atoms with Crippen LogP contribution < -0.4 is 20.5 Å². The maximum Gasteiger partial charge on any atom is 0.268 e. The maximum absolute atomic E-state index is 12.7. The Hall–Kier alpha value is -2.83. The molecule has 0 radical (unpaired) electrons. The number of hydrogen-bond acceptors (Lipinski definition) is 5. The molecular weight excluding hydrogens is 320 g/mol. The highest BCUT2D eigenvalue weighted by Crippen LogP contribution is 2.26. The van der Waals surface area contributed by atoms with Gasteiger partial charge in [-0.05, 0) is 25.0 Å². The topological polar surface area (TPSA) is 76.5 Å². The van der Waals surface area contributed by atoms with Gasteiger partial charge in [-0.25, -0.2) is 4.68 Å². The van der Waals surface area contributed by atoms with Gasteiger partial charge in [0, 0.05) is 26.2 Å². The lowest BCUT2D eigenvalue weighted by Crippen LogP contribution is -2.41. The summed E-state index contributed by atoms with van der Waals surface area (Å²) < 4.78 is 6.57. The molecule has 3 rings (SSSR count). The predicted molar refractivity (Wildman–Crippen MR) is 96.0 cm³/mol. The largest absolute Gasteiger partial charge is 0.495 e. The van der Waals surface area contributed by atoms with Gasteiger partial charge in [-0.15, -0.1) is 0 Å². The average molecular weight is 342 g/mol. The van der Waals surface area contributed by atoms with Crippen molar-refractivity contribution in [1.82, 2.24) is 9.78 Å². The van der Waals surface area contributed by atoms with Crippen LogP contribution in [-0.4, -0.2) is 35.9 Å². The van der Waals surface area contributed by atoms with Gasteiger partial charge in [0.25, 0.3) is 5.56 Å². The standard InChI is InChI=1S/C18H22N4O3/c1-21-17(23)10-14(11-19-21)22-9-5-6-13(12-22)18(24)20-15-7-3-4-8-16(15)25-2/h3-4,7-8,10-11,13H,5-6,9,12H2,1-2H3,(H,20,24)/t13-/m1/s1. The third-order valence-corrected chi connectivity index (χ3v) is 4.48. The number of carbonyl (C=O) groups excluding carboxylic acids is 1. The molecule has 0 saturated carbocycles. The third kappa shape index (κ3) is 3.81. The third-order valence-electron chi connectivity index (χ3n) is 4.48. The first-order valence-corrected chi connectivity index (χ1v) is 8.30. The number of hydrogen-bond donors (Lipinski definition) is 1.